The molecule has 0 radical (unpaired) electrons. The minimum absolute atomic E-state index is 0.0268. The molecule has 0 spiro atoms. The lowest BCUT2D eigenvalue weighted by molar-refractivity contribution is -0.138. The van der Waals surface area contributed by atoms with E-state index in [4.69, 9.17) is 28.8 Å². The summed E-state index contributed by atoms with van der Waals surface area (Å²) < 4.78 is 0. The van der Waals surface area contributed by atoms with Crippen LogP contribution >= 0.6 is 36.9 Å². The highest BCUT2D eigenvalue weighted by atomic mass is 35.5. The minimum atomic E-state index is -1.45. The topological polar surface area (TPSA) is 328 Å². The molecule has 2 aromatic heterocycles. The second-order valence-electron chi connectivity index (χ2n) is 20.9. The first kappa shape index (κ1) is 63.1. The van der Waals surface area contributed by atoms with E-state index in [9.17, 15) is 38.4 Å². The van der Waals surface area contributed by atoms with Crippen molar-refractivity contribution in [2.45, 2.75) is 125 Å². The number of rotatable bonds is 29. The molecule has 7 atom stereocenters. The van der Waals surface area contributed by atoms with Crippen molar-refractivity contribution in [3.05, 3.63) is 149 Å². The van der Waals surface area contributed by atoms with Gasteiger partial charge in [-0.25, -0.2) is 0 Å². The van der Waals surface area contributed by atoms with Crippen LogP contribution in [0.1, 0.15) is 73.6 Å². The van der Waals surface area contributed by atoms with Crippen molar-refractivity contribution in [2.24, 2.45) is 17.2 Å². The van der Waals surface area contributed by atoms with Gasteiger partial charge < -0.3 is 59.4 Å². The van der Waals surface area contributed by atoms with Crippen molar-refractivity contribution < 1.29 is 38.4 Å². The van der Waals surface area contributed by atoms with Gasteiger partial charge in [-0.3, -0.25) is 43.3 Å². The molecule has 0 aliphatic heterocycles. The SMILES string of the molecule is NCCCC[C@H](NC(=O)[C@@H](Cc1c[nH]c2ccccc12)NC(=O)[C@@H](CS)NC(=O)[C@H](Cc1cccnc1)NC(=O)[C@H](N)Cc1ccccc1Cl)C(=O)N[C@H](CS)C(=O)NC1(C(=O)N[C@@H](Cc2ccc3ccccc3c2)C(N)=O)CCCCC1. The molecule has 0 saturated heterocycles. The number of nitrogens with two attached hydrogens (primary N) is 3. The number of nitrogens with one attached hydrogen (secondary N) is 8. The minimum Gasteiger partial charge on any atom is -0.368 e. The first-order valence-corrected chi connectivity index (χ1v) is 29.4. The Kier molecular flexibility index (Phi) is 23.3. The van der Waals surface area contributed by atoms with Gasteiger partial charge in [-0.2, -0.15) is 25.3 Å². The van der Waals surface area contributed by atoms with Gasteiger partial charge in [0.25, 0.3) is 0 Å². The lowest BCUT2D eigenvalue weighted by Gasteiger charge is -2.38. The van der Waals surface area contributed by atoms with E-state index in [1.807, 2.05) is 66.7 Å². The molecule has 2 heterocycles. The van der Waals surface area contributed by atoms with Gasteiger partial charge in [0.2, 0.25) is 47.3 Å². The molecule has 0 unspecified atom stereocenters. The van der Waals surface area contributed by atoms with Gasteiger partial charge in [0.15, 0.2) is 0 Å². The van der Waals surface area contributed by atoms with Crippen LogP contribution in [-0.2, 0) is 64.0 Å². The number of aromatic amines is 1. The number of aromatic nitrogens is 2. The first-order chi connectivity index (χ1) is 40.0. The Hall–Kier alpha value is -7.50. The van der Waals surface area contributed by atoms with Crippen LogP contribution < -0.4 is 54.4 Å². The average Bonchev–Trinajstić information content (AvgIpc) is 4.14. The monoisotopic (exact) mass is 1190 g/mol. The molecular formula is C60H73ClN12O8S2. The zero-order chi connectivity index (χ0) is 59.5. The number of halogens is 1. The van der Waals surface area contributed by atoms with Crippen LogP contribution in [0.15, 0.2) is 122 Å². The number of fused-ring (bicyclic) bond motifs is 2. The highest BCUT2D eigenvalue weighted by Crippen LogP contribution is 2.30. The van der Waals surface area contributed by atoms with Crippen LogP contribution in [-0.4, -0.2) is 123 Å². The Labute approximate surface area is 497 Å². The Bertz CT molecular complexity index is 3240. The quantitative estimate of drug-likeness (QED) is 0.0239. The van der Waals surface area contributed by atoms with E-state index in [0.29, 0.717) is 47.4 Å². The molecule has 1 fully saturated rings. The van der Waals surface area contributed by atoms with Gasteiger partial charge in [0.1, 0.15) is 41.8 Å². The van der Waals surface area contributed by atoms with Gasteiger partial charge in [-0.15, -0.1) is 0 Å². The number of hydrogen-bond donors (Lipinski definition) is 13. The number of amides is 8. The zero-order valence-electron chi connectivity index (χ0n) is 45.9. The van der Waals surface area contributed by atoms with Crippen molar-refractivity contribution >= 4 is 106 Å². The fraction of sp³-hybridized carbons (Fsp3) is 0.383. The van der Waals surface area contributed by atoms with Crippen LogP contribution in [0.3, 0.4) is 0 Å². The molecule has 7 rings (SSSR count). The number of para-hydroxylation sites is 1. The number of thiol groups is 2. The molecule has 20 nitrogen and oxygen atoms in total. The molecule has 1 aliphatic rings. The molecule has 440 valence electrons. The number of unbranched alkanes of at least 4 members (excludes halogenated alkanes) is 1. The van der Waals surface area contributed by atoms with E-state index in [0.717, 1.165) is 33.7 Å². The lowest BCUT2D eigenvalue weighted by Crippen LogP contribution is -2.65. The number of primary amides is 1. The van der Waals surface area contributed by atoms with Crippen molar-refractivity contribution in [2.75, 3.05) is 18.1 Å². The Balaban J connectivity index is 1.07. The predicted octanol–water partition coefficient (Wildman–Crippen LogP) is 3.17. The average molecular weight is 1190 g/mol. The van der Waals surface area contributed by atoms with Gasteiger partial charge in [0, 0.05) is 65.3 Å². The third-order valence-corrected chi connectivity index (χ3v) is 16.0. The van der Waals surface area contributed by atoms with Crippen LogP contribution in [0.5, 0.6) is 0 Å². The lowest BCUT2D eigenvalue weighted by atomic mass is 9.80. The number of carbonyl (C=O) groups excluding carboxylic acids is 8. The van der Waals surface area contributed by atoms with E-state index in [1.54, 1.807) is 48.8 Å². The summed E-state index contributed by atoms with van der Waals surface area (Å²) in [5.41, 5.74) is 20.0. The second kappa shape index (κ2) is 30.7. The maximum atomic E-state index is 14.8. The second-order valence-corrected chi connectivity index (χ2v) is 22.1. The molecule has 0 bridgehead atoms. The molecule has 14 N–H and O–H groups in total. The fourth-order valence-electron chi connectivity index (χ4n) is 10.2. The molecule has 6 aromatic rings. The maximum absolute atomic E-state index is 14.8. The third-order valence-electron chi connectivity index (χ3n) is 14.9. The summed E-state index contributed by atoms with van der Waals surface area (Å²) in [6, 6.07) is 22.4. The third kappa shape index (κ3) is 17.5. The van der Waals surface area contributed by atoms with E-state index in [-0.39, 0.29) is 63.0 Å². The van der Waals surface area contributed by atoms with E-state index < -0.39 is 95.1 Å². The number of nitrogens with zero attached hydrogens (tertiary/aromatic N) is 1. The van der Waals surface area contributed by atoms with Crippen LogP contribution in [0.2, 0.25) is 5.02 Å². The normalized spacial score (nSPS) is 15.5. The fourth-order valence-corrected chi connectivity index (χ4v) is 10.9. The molecule has 83 heavy (non-hydrogen) atoms. The first-order valence-electron chi connectivity index (χ1n) is 27.8. The smallest absolute Gasteiger partial charge is 0.246 e. The summed E-state index contributed by atoms with van der Waals surface area (Å²) in [7, 11) is 0. The summed E-state index contributed by atoms with van der Waals surface area (Å²) in [6.45, 7) is 0.283. The zero-order valence-corrected chi connectivity index (χ0v) is 48.5. The summed E-state index contributed by atoms with van der Waals surface area (Å²) in [4.78, 5) is 120. The Morgan fingerprint density at radius 3 is 1.88 bits per heavy atom. The summed E-state index contributed by atoms with van der Waals surface area (Å²) in [5, 5.41) is 22.6. The van der Waals surface area contributed by atoms with Crippen LogP contribution in [0, 0.1) is 0 Å². The standard InChI is InChI=1S/C60H73ClN12O8S2/c61-43-18-6-4-16-40(43)30-44(63)53(75)68-48(29-37-13-12-26-65-32-37)55(77)70-50(34-82)57(79)69-49(31-41-33-66-45-19-7-5-17-42(41)45)56(78)67-46(20-8-11-25-62)54(76)71-51(35-83)58(80)73-60(23-9-1-10-24-60)59(81)72-47(52(64)74)28-36-21-22-38-14-2-3-15-39(38)27-36/h2-7,12-19,21-22,26-27,32-33,44,46-51,66,82-83H,1,8-11,20,23-25,28-31,34-35,62-63H2,(H2,64,74)(H,67,78)(H,68,75)(H,69,79)(H,70,77)(H,71,76)(H,72,81)(H,73,80)/t44-,46+,47+,48+,49-,50-,51-/m1/s1. The number of benzene rings is 4. The van der Waals surface area contributed by atoms with Gasteiger partial charge in [0.05, 0.1) is 6.04 Å². The van der Waals surface area contributed by atoms with Crippen molar-refractivity contribution in [3.8, 4) is 0 Å². The van der Waals surface area contributed by atoms with Gasteiger partial charge in [-0.1, -0.05) is 116 Å². The molecule has 1 saturated carbocycles. The number of pyridine rings is 1. The Morgan fingerprint density at radius 1 is 0.590 bits per heavy atom. The van der Waals surface area contributed by atoms with Gasteiger partial charge in [-0.05, 0) is 96.3 Å². The van der Waals surface area contributed by atoms with Crippen molar-refractivity contribution in [1.29, 1.82) is 0 Å². The van der Waals surface area contributed by atoms with E-state index in [2.05, 4.69) is 72.4 Å². The molecule has 8 amide bonds. The van der Waals surface area contributed by atoms with Gasteiger partial charge >= 0.3 is 0 Å². The molecule has 23 heteroatoms. The number of carbonyl (C=O) groups is 8. The predicted molar refractivity (Wildman–Crippen MR) is 326 cm³/mol. The maximum Gasteiger partial charge on any atom is 0.246 e. The molecular weight excluding hydrogens is 1120 g/mol. The van der Waals surface area contributed by atoms with E-state index >= 15 is 0 Å². The summed E-state index contributed by atoms with van der Waals surface area (Å²) in [5.74, 6) is -6.22. The Morgan fingerprint density at radius 2 is 1.19 bits per heavy atom. The molecule has 1 aliphatic carbocycles. The number of H-pyrrole nitrogens is 1. The van der Waals surface area contributed by atoms with Crippen LogP contribution in [0.25, 0.3) is 21.7 Å². The van der Waals surface area contributed by atoms with Crippen molar-refractivity contribution in [3.63, 3.8) is 0 Å². The highest BCUT2D eigenvalue weighted by Gasteiger charge is 2.44. The summed E-state index contributed by atoms with van der Waals surface area (Å²) in [6.07, 6.45) is 8.30. The van der Waals surface area contributed by atoms with E-state index in [1.165, 1.54) is 6.20 Å². The number of hydrogen-bond acceptors (Lipinski definition) is 13. The largest absolute Gasteiger partial charge is 0.368 e. The molecule has 4 aromatic carbocycles. The van der Waals surface area contributed by atoms with Crippen molar-refractivity contribution in [1.82, 2.24) is 47.2 Å². The van der Waals surface area contributed by atoms with Crippen LogP contribution in [0.4, 0.5) is 0 Å². The summed E-state index contributed by atoms with van der Waals surface area (Å²) >= 11 is 15.2. The highest BCUT2D eigenvalue weighted by molar-refractivity contribution is 7.80.